The second kappa shape index (κ2) is 5.20. The zero-order chi connectivity index (χ0) is 14.8. The van der Waals surface area contributed by atoms with Crippen molar-refractivity contribution in [1.82, 2.24) is 4.98 Å². The average molecular weight is 280 g/mol. The number of benzene rings is 2. The lowest BCUT2D eigenvalue weighted by molar-refractivity contribution is -0.384. The van der Waals surface area contributed by atoms with Crippen LogP contribution in [0.25, 0.3) is 10.9 Å². The molecular formula is C16H12N2O3. The molecule has 3 rings (SSSR count). The molecule has 0 atom stereocenters. The summed E-state index contributed by atoms with van der Waals surface area (Å²) < 4.78 is 5.69. The Bertz CT molecular complexity index is 813. The van der Waals surface area contributed by atoms with Crippen molar-refractivity contribution in [3.05, 3.63) is 70.4 Å². The third-order valence-electron chi connectivity index (χ3n) is 3.08. The predicted octanol–water partition coefficient (Wildman–Crippen LogP) is 4.24. The standard InChI is InChI=1S/C16H12N2O3/c1-11-8-12-2-5-15(9-16(12)17-10-11)21-14-6-3-13(4-7-14)18(19)20/h2-10H,1H3. The molecule has 3 aromatic rings. The van der Waals surface area contributed by atoms with E-state index < -0.39 is 4.92 Å². The fourth-order valence-electron chi connectivity index (χ4n) is 2.05. The Balaban J connectivity index is 1.87. The molecular weight excluding hydrogens is 268 g/mol. The van der Waals surface area contributed by atoms with Gasteiger partial charge in [0.15, 0.2) is 0 Å². The van der Waals surface area contributed by atoms with E-state index in [1.165, 1.54) is 12.1 Å². The van der Waals surface area contributed by atoms with Crippen LogP contribution in [0, 0.1) is 17.0 Å². The second-order valence-electron chi connectivity index (χ2n) is 4.72. The Morgan fingerprint density at radius 3 is 2.48 bits per heavy atom. The zero-order valence-corrected chi connectivity index (χ0v) is 11.3. The van der Waals surface area contributed by atoms with Gasteiger partial charge < -0.3 is 4.74 Å². The maximum atomic E-state index is 10.6. The molecule has 2 aromatic carbocycles. The molecule has 0 saturated heterocycles. The lowest BCUT2D eigenvalue weighted by Crippen LogP contribution is -1.89. The number of nitro groups is 1. The molecule has 0 saturated carbocycles. The summed E-state index contributed by atoms with van der Waals surface area (Å²) in [5.41, 5.74) is 1.99. The van der Waals surface area contributed by atoms with Gasteiger partial charge in [-0.25, -0.2) is 0 Å². The maximum Gasteiger partial charge on any atom is 0.269 e. The number of hydrogen-bond acceptors (Lipinski definition) is 4. The number of aromatic nitrogens is 1. The smallest absolute Gasteiger partial charge is 0.269 e. The van der Waals surface area contributed by atoms with Gasteiger partial charge in [-0.2, -0.15) is 0 Å². The van der Waals surface area contributed by atoms with Gasteiger partial charge in [0.05, 0.1) is 10.4 Å². The first-order chi connectivity index (χ1) is 10.1. The first-order valence-corrected chi connectivity index (χ1v) is 6.40. The number of ether oxygens (including phenoxy) is 1. The number of aryl methyl sites for hydroxylation is 1. The molecule has 0 unspecified atom stereocenters. The Morgan fingerprint density at radius 2 is 1.76 bits per heavy atom. The van der Waals surface area contributed by atoms with Crippen LogP contribution in [-0.4, -0.2) is 9.91 Å². The van der Waals surface area contributed by atoms with Crippen molar-refractivity contribution in [2.45, 2.75) is 6.92 Å². The second-order valence-corrected chi connectivity index (χ2v) is 4.72. The van der Waals surface area contributed by atoms with Crippen molar-refractivity contribution in [3.63, 3.8) is 0 Å². The number of hydrogen-bond donors (Lipinski definition) is 0. The van der Waals surface area contributed by atoms with Gasteiger partial charge in [-0.3, -0.25) is 15.1 Å². The van der Waals surface area contributed by atoms with Crippen molar-refractivity contribution in [2.24, 2.45) is 0 Å². The van der Waals surface area contributed by atoms with E-state index in [0.29, 0.717) is 11.5 Å². The third kappa shape index (κ3) is 2.81. The maximum absolute atomic E-state index is 10.6. The van der Waals surface area contributed by atoms with E-state index in [-0.39, 0.29) is 5.69 Å². The molecule has 0 aliphatic heterocycles. The highest BCUT2D eigenvalue weighted by Crippen LogP contribution is 2.26. The number of rotatable bonds is 3. The number of nitrogens with zero attached hydrogens (tertiary/aromatic N) is 2. The highest BCUT2D eigenvalue weighted by atomic mass is 16.6. The van der Waals surface area contributed by atoms with E-state index in [1.807, 2.05) is 25.1 Å². The molecule has 104 valence electrons. The van der Waals surface area contributed by atoms with Crippen LogP contribution in [-0.2, 0) is 0 Å². The Hall–Kier alpha value is -2.95. The van der Waals surface area contributed by atoms with E-state index in [2.05, 4.69) is 11.1 Å². The van der Waals surface area contributed by atoms with Gasteiger partial charge in [-0.05, 0) is 42.8 Å². The highest BCUT2D eigenvalue weighted by molar-refractivity contribution is 5.80. The zero-order valence-electron chi connectivity index (χ0n) is 11.3. The summed E-state index contributed by atoms with van der Waals surface area (Å²) in [5, 5.41) is 11.6. The molecule has 0 aliphatic rings. The first-order valence-electron chi connectivity index (χ1n) is 6.40. The average Bonchev–Trinajstić information content (AvgIpc) is 2.48. The Labute approximate surface area is 121 Å². The normalized spacial score (nSPS) is 10.5. The first kappa shape index (κ1) is 13.1. The van der Waals surface area contributed by atoms with Gasteiger partial charge in [-0.1, -0.05) is 0 Å². The van der Waals surface area contributed by atoms with Crippen molar-refractivity contribution in [3.8, 4) is 11.5 Å². The van der Waals surface area contributed by atoms with Crippen LogP contribution < -0.4 is 4.74 Å². The number of nitro benzene ring substituents is 1. The van der Waals surface area contributed by atoms with Crippen molar-refractivity contribution in [1.29, 1.82) is 0 Å². The molecule has 0 amide bonds. The van der Waals surface area contributed by atoms with Crippen molar-refractivity contribution >= 4 is 16.6 Å². The minimum absolute atomic E-state index is 0.0398. The molecule has 0 radical (unpaired) electrons. The number of fused-ring (bicyclic) bond motifs is 1. The molecule has 0 aliphatic carbocycles. The van der Waals surface area contributed by atoms with Crippen LogP contribution in [0.15, 0.2) is 54.7 Å². The minimum atomic E-state index is -0.438. The largest absolute Gasteiger partial charge is 0.457 e. The van der Waals surface area contributed by atoms with E-state index in [9.17, 15) is 10.1 Å². The molecule has 0 bridgehead atoms. The SMILES string of the molecule is Cc1cnc2cc(Oc3ccc([N+](=O)[O-])cc3)ccc2c1. The van der Waals surface area contributed by atoms with E-state index >= 15 is 0 Å². The summed E-state index contributed by atoms with van der Waals surface area (Å²) in [7, 11) is 0. The quantitative estimate of drug-likeness (QED) is 0.531. The lowest BCUT2D eigenvalue weighted by Gasteiger charge is -2.06. The van der Waals surface area contributed by atoms with Gasteiger partial charge >= 0.3 is 0 Å². The summed E-state index contributed by atoms with van der Waals surface area (Å²) in [6.07, 6.45) is 1.80. The Kier molecular flexibility index (Phi) is 3.23. The summed E-state index contributed by atoms with van der Waals surface area (Å²) >= 11 is 0. The van der Waals surface area contributed by atoms with Crippen LogP contribution in [0.2, 0.25) is 0 Å². The molecule has 1 aromatic heterocycles. The molecule has 5 heteroatoms. The van der Waals surface area contributed by atoms with Gasteiger partial charge in [0.1, 0.15) is 11.5 Å². The Morgan fingerprint density at radius 1 is 1.05 bits per heavy atom. The van der Waals surface area contributed by atoms with Crippen LogP contribution in [0.3, 0.4) is 0 Å². The molecule has 0 spiro atoms. The van der Waals surface area contributed by atoms with Gasteiger partial charge in [-0.15, -0.1) is 0 Å². The van der Waals surface area contributed by atoms with Gasteiger partial charge in [0.2, 0.25) is 0 Å². The van der Waals surface area contributed by atoms with Crippen LogP contribution in [0.1, 0.15) is 5.56 Å². The van der Waals surface area contributed by atoms with Crippen LogP contribution >= 0.6 is 0 Å². The van der Waals surface area contributed by atoms with Crippen molar-refractivity contribution in [2.75, 3.05) is 0 Å². The predicted molar refractivity (Wildman–Crippen MR) is 79.7 cm³/mol. The highest BCUT2D eigenvalue weighted by Gasteiger charge is 2.05. The van der Waals surface area contributed by atoms with Crippen molar-refractivity contribution < 1.29 is 9.66 Å². The molecule has 0 N–H and O–H groups in total. The summed E-state index contributed by atoms with van der Waals surface area (Å²) in [6, 6.07) is 13.7. The molecule has 21 heavy (non-hydrogen) atoms. The third-order valence-corrected chi connectivity index (χ3v) is 3.08. The lowest BCUT2D eigenvalue weighted by atomic mass is 10.2. The number of non-ortho nitro benzene ring substituents is 1. The fourth-order valence-corrected chi connectivity index (χ4v) is 2.05. The summed E-state index contributed by atoms with van der Waals surface area (Å²) in [6.45, 7) is 1.99. The molecule has 5 nitrogen and oxygen atoms in total. The van der Waals surface area contributed by atoms with Gasteiger partial charge in [0.25, 0.3) is 5.69 Å². The summed E-state index contributed by atoms with van der Waals surface area (Å²) in [4.78, 5) is 14.5. The topological polar surface area (TPSA) is 65.3 Å². The van der Waals surface area contributed by atoms with Crippen LogP contribution in [0.4, 0.5) is 5.69 Å². The van der Waals surface area contributed by atoms with E-state index in [0.717, 1.165) is 16.5 Å². The molecule has 1 heterocycles. The van der Waals surface area contributed by atoms with E-state index in [1.54, 1.807) is 18.3 Å². The van der Waals surface area contributed by atoms with E-state index in [4.69, 9.17) is 4.74 Å². The minimum Gasteiger partial charge on any atom is -0.457 e. The summed E-state index contributed by atoms with van der Waals surface area (Å²) in [5.74, 6) is 1.19. The number of pyridine rings is 1. The fraction of sp³-hybridized carbons (Fsp3) is 0.0625. The molecule has 0 fully saturated rings. The van der Waals surface area contributed by atoms with Crippen LogP contribution in [0.5, 0.6) is 11.5 Å². The monoisotopic (exact) mass is 280 g/mol. The van der Waals surface area contributed by atoms with Gasteiger partial charge in [0, 0.05) is 29.8 Å².